The van der Waals surface area contributed by atoms with Crippen molar-refractivity contribution in [2.24, 2.45) is 0 Å². The number of nitrogens with zero attached hydrogens (tertiary/aromatic N) is 3. The standard InChI is InChI=1S/C16H16N4O2S/c21-15(12-5-2-1-3-6-12)11-20-10-14(18-19-20)16(22)17-9-13-7-4-8-23-13/h1-8,10,15,21H,9,11H2,(H,17,22)/t15-/m0/s1. The molecule has 0 saturated carbocycles. The fraction of sp³-hybridized carbons (Fsp3) is 0.188. The number of hydrogen-bond acceptors (Lipinski definition) is 5. The zero-order chi connectivity index (χ0) is 16.1. The van der Waals surface area contributed by atoms with Crippen LogP contribution >= 0.6 is 11.3 Å². The van der Waals surface area contributed by atoms with E-state index < -0.39 is 6.10 Å². The number of carbonyl (C=O) groups is 1. The van der Waals surface area contributed by atoms with E-state index in [0.29, 0.717) is 6.54 Å². The minimum absolute atomic E-state index is 0.238. The lowest BCUT2D eigenvalue weighted by Gasteiger charge is -2.09. The van der Waals surface area contributed by atoms with E-state index in [1.165, 1.54) is 10.9 Å². The van der Waals surface area contributed by atoms with Crippen LogP contribution in [0.5, 0.6) is 0 Å². The van der Waals surface area contributed by atoms with Crippen molar-refractivity contribution >= 4 is 17.2 Å². The number of nitrogens with one attached hydrogen (secondary N) is 1. The van der Waals surface area contributed by atoms with Gasteiger partial charge in [0.2, 0.25) is 0 Å². The van der Waals surface area contributed by atoms with Crippen molar-refractivity contribution in [2.75, 3.05) is 0 Å². The summed E-state index contributed by atoms with van der Waals surface area (Å²) in [5, 5.41) is 22.7. The van der Waals surface area contributed by atoms with E-state index >= 15 is 0 Å². The van der Waals surface area contributed by atoms with Crippen molar-refractivity contribution in [2.45, 2.75) is 19.2 Å². The molecule has 118 valence electrons. The molecule has 1 amide bonds. The smallest absolute Gasteiger partial charge is 0.273 e. The SMILES string of the molecule is O=C(NCc1cccs1)c1cn(C[C@H](O)c2ccccc2)nn1. The molecule has 1 atom stereocenters. The molecule has 0 saturated heterocycles. The lowest BCUT2D eigenvalue weighted by molar-refractivity contribution is 0.0946. The largest absolute Gasteiger partial charge is 0.386 e. The number of hydrogen-bond donors (Lipinski definition) is 2. The maximum absolute atomic E-state index is 12.0. The predicted molar refractivity (Wildman–Crippen MR) is 86.9 cm³/mol. The third kappa shape index (κ3) is 4.02. The highest BCUT2D eigenvalue weighted by atomic mass is 32.1. The molecule has 0 aliphatic carbocycles. The third-order valence-electron chi connectivity index (χ3n) is 3.32. The highest BCUT2D eigenvalue weighted by Gasteiger charge is 2.13. The molecular formula is C16H16N4O2S. The second kappa shape index (κ2) is 7.17. The molecule has 3 rings (SSSR count). The number of aliphatic hydroxyl groups is 1. The number of thiophene rings is 1. The van der Waals surface area contributed by atoms with Gasteiger partial charge in [0, 0.05) is 4.88 Å². The molecule has 2 heterocycles. The van der Waals surface area contributed by atoms with E-state index in [4.69, 9.17) is 0 Å². The fourth-order valence-corrected chi connectivity index (χ4v) is 2.77. The molecule has 23 heavy (non-hydrogen) atoms. The summed E-state index contributed by atoms with van der Waals surface area (Å²) >= 11 is 1.58. The van der Waals surface area contributed by atoms with E-state index in [1.807, 2.05) is 47.8 Å². The highest BCUT2D eigenvalue weighted by molar-refractivity contribution is 7.09. The van der Waals surface area contributed by atoms with Crippen LogP contribution in [-0.4, -0.2) is 26.0 Å². The van der Waals surface area contributed by atoms with Gasteiger partial charge in [0.1, 0.15) is 0 Å². The van der Waals surface area contributed by atoms with Gasteiger partial charge in [0.25, 0.3) is 5.91 Å². The second-order valence-corrected chi connectivity index (χ2v) is 6.05. The van der Waals surface area contributed by atoms with Gasteiger partial charge < -0.3 is 10.4 Å². The topological polar surface area (TPSA) is 80.0 Å². The first-order valence-electron chi connectivity index (χ1n) is 7.16. The van der Waals surface area contributed by atoms with Gasteiger partial charge in [0.05, 0.1) is 25.4 Å². The number of aromatic nitrogens is 3. The van der Waals surface area contributed by atoms with Crippen molar-refractivity contribution in [1.29, 1.82) is 0 Å². The molecule has 0 aliphatic heterocycles. The van der Waals surface area contributed by atoms with Gasteiger partial charge >= 0.3 is 0 Å². The summed E-state index contributed by atoms with van der Waals surface area (Å²) in [7, 11) is 0. The molecule has 2 aromatic heterocycles. The number of benzene rings is 1. The summed E-state index contributed by atoms with van der Waals surface area (Å²) in [5.41, 5.74) is 1.04. The van der Waals surface area contributed by atoms with Crippen molar-refractivity contribution in [3.8, 4) is 0 Å². The van der Waals surface area contributed by atoms with E-state index in [-0.39, 0.29) is 18.1 Å². The Labute approximate surface area is 137 Å². The first kappa shape index (κ1) is 15.4. The Morgan fingerprint density at radius 3 is 2.83 bits per heavy atom. The summed E-state index contributed by atoms with van der Waals surface area (Å²) in [6.07, 6.45) is 0.843. The van der Waals surface area contributed by atoms with Gasteiger partial charge in [0.15, 0.2) is 5.69 Å². The number of carbonyl (C=O) groups excluding carboxylic acids is 1. The summed E-state index contributed by atoms with van der Waals surface area (Å²) in [4.78, 5) is 13.1. The normalized spacial score (nSPS) is 12.0. The zero-order valence-corrected chi connectivity index (χ0v) is 13.1. The predicted octanol–water partition coefficient (Wildman–Crippen LogP) is 2.00. The quantitative estimate of drug-likeness (QED) is 0.725. The molecule has 2 N–H and O–H groups in total. The van der Waals surface area contributed by atoms with Gasteiger partial charge in [-0.25, -0.2) is 4.68 Å². The van der Waals surface area contributed by atoms with Crippen LogP contribution in [0.15, 0.2) is 54.0 Å². The molecule has 6 nitrogen and oxygen atoms in total. The van der Waals surface area contributed by atoms with E-state index in [1.54, 1.807) is 11.3 Å². The van der Waals surface area contributed by atoms with Crippen LogP contribution in [0.4, 0.5) is 0 Å². The Morgan fingerprint density at radius 1 is 1.26 bits per heavy atom. The van der Waals surface area contributed by atoms with Gasteiger partial charge in [-0.05, 0) is 17.0 Å². The van der Waals surface area contributed by atoms with Crippen LogP contribution < -0.4 is 5.32 Å². The van der Waals surface area contributed by atoms with Crippen LogP contribution in [0.1, 0.15) is 27.0 Å². The van der Waals surface area contributed by atoms with Crippen LogP contribution in [-0.2, 0) is 13.1 Å². The molecule has 0 radical (unpaired) electrons. The summed E-state index contributed by atoms with van der Waals surface area (Å²) in [6, 6.07) is 13.2. The highest BCUT2D eigenvalue weighted by Crippen LogP contribution is 2.14. The Hall–Kier alpha value is -2.51. The van der Waals surface area contributed by atoms with E-state index in [9.17, 15) is 9.90 Å². The third-order valence-corrected chi connectivity index (χ3v) is 4.20. The van der Waals surface area contributed by atoms with Crippen molar-refractivity contribution in [1.82, 2.24) is 20.3 Å². The van der Waals surface area contributed by atoms with Crippen LogP contribution in [0.3, 0.4) is 0 Å². The number of amides is 1. The van der Waals surface area contributed by atoms with Crippen LogP contribution in [0.25, 0.3) is 0 Å². The minimum atomic E-state index is -0.695. The van der Waals surface area contributed by atoms with Crippen molar-refractivity contribution in [3.63, 3.8) is 0 Å². The Kier molecular flexibility index (Phi) is 4.80. The molecule has 0 fully saturated rings. The number of rotatable bonds is 6. The molecule has 0 aliphatic rings. The molecule has 0 spiro atoms. The van der Waals surface area contributed by atoms with Crippen molar-refractivity contribution < 1.29 is 9.90 Å². The first-order chi connectivity index (χ1) is 11.2. The zero-order valence-electron chi connectivity index (χ0n) is 12.3. The Bertz CT molecular complexity index is 756. The van der Waals surface area contributed by atoms with Gasteiger partial charge in [-0.2, -0.15) is 0 Å². The molecule has 0 bridgehead atoms. The molecule has 7 heteroatoms. The van der Waals surface area contributed by atoms with Gasteiger partial charge in [-0.1, -0.05) is 41.6 Å². The fourth-order valence-electron chi connectivity index (χ4n) is 2.12. The Morgan fingerprint density at radius 2 is 2.09 bits per heavy atom. The average Bonchev–Trinajstić information content (AvgIpc) is 3.25. The minimum Gasteiger partial charge on any atom is -0.386 e. The summed E-state index contributed by atoms with van der Waals surface area (Å²) in [5.74, 6) is -0.279. The summed E-state index contributed by atoms with van der Waals surface area (Å²) < 4.78 is 1.47. The van der Waals surface area contributed by atoms with E-state index in [0.717, 1.165) is 10.4 Å². The molecule has 0 unspecified atom stereocenters. The maximum Gasteiger partial charge on any atom is 0.273 e. The number of aliphatic hydroxyl groups excluding tert-OH is 1. The Balaban J connectivity index is 1.58. The maximum atomic E-state index is 12.0. The van der Waals surface area contributed by atoms with Crippen molar-refractivity contribution in [3.05, 3.63) is 70.2 Å². The summed E-state index contributed by atoms with van der Waals surface area (Å²) in [6.45, 7) is 0.714. The van der Waals surface area contributed by atoms with Gasteiger partial charge in [-0.15, -0.1) is 16.4 Å². The molecular weight excluding hydrogens is 312 g/mol. The van der Waals surface area contributed by atoms with Gasteiger partial charge in [-0.3, -0.25) is 4.79 Å². The van der Waals surface area contributed by atoms with E-state index in [2.05, 4.69) is 15.6 Å². The molecule has 1 aromatic carbocycles. The first-order valence-corrected chi connectivity index (χ1v) is 8.04. The average molecular weight is 328 g/mol. The second-order valence-electron chi connectivity index (χ2n) is 5.01. The lowest BCUT2D eigenvalue weighted by Crippen LogP contribution is -2.22. The van der Waals surface area contributed by atoms with Crippen LogP contribution in [0.2, 0.25) is 0 Å². The van der Waals surface area contributed by atoms with Crippen LogP contribution in [0, 0.1) is 0 Å². The monoisotopic (exact) mass is 328 g/mol. The molecule has 3 aromatic rings. The lowest BCUT2D eigenvalue weighted by atomic mass is 10.1.